The average Bonchev–Trinajstić information content (AvgIpc) is 2.80. The van der Waals surface area contributed by atoms with E-state index in [9.17, 15) is 4.79 Å². The molecule has 0 atom stereocenters. The number of ether oxygens (including phenoxy) is 1. The van der Waals surface area contributed by atoms with Gasteiger partial charge in [-0.05, 0) is 25.8 Å². The lowest BCUT2D eigenvalue weighted by Gasteiger charge is -2.06. The van der Waals surface area contributed by atoms with Crippen molar-refractivity contribution in [1.29, 1.82) is 0 Å². The SMILES string of the molecule is CCCCCCCCCCCCCCCCCCOC(=O)CCCCCCCCCCN. The van der Waals surface area contributed by atoms with Gasteiger partial charge in [-0.15, -0.1) is 0 Å². The quantitative estimate of drug-likeness (QED) is 0.0995. The molecule has 0 spiro atoms. The van der Waals surface area contributed by atoms with E-state index < -0.39 is 0 Å². The van der Waals surface area contributed by atoms with Gasteiger partial charge < -0.3 is 10.5 Å². The standard InChI is InChI=1S/C29H59NO2/c1-2-3-4-5-6-7-8-9-10-11-12-13-16-19-22-25-28-32-29(31)26-23-20-17-14-15-18-21-24-27-30/h2-28,30H2,1H3. The number of hydrogen-bond acceptors (Lipinski definition) is 3. The molecular formula is C29H59NO2. The predicted molar refractivity (Wildman–Crippen MR) is 141 cm³/mol. The zero-order valence-corrected chi connectivity index (χ0v) is 22.0. The Morgan fingerprint density at radius 2 is 0.844 bits per heavy atom. The van der Waals surface area contributed by atoms with Gasteiger partial charge >= 0.3 is 5.97 Å². The van der Waals surface area contributed by atoms with Gasteiger partial charge in [-0.3, -0.25) is 4.79 Å². The summed E-state index contributed by atoms with van der Waals surface area (Å²) in [6.45, 7) is 3.73. The van der Waals surface area contributed by atoms with Gasteiger partial charge in [0, 0.05) is 6.42 Å². The summed E-state index contributed by atoms with van der Waals surface area (Å²) in [7, 11) is 0. The van der Waals surface area contributed by atoms with Crippen LogP contribution in [0, 0.1) is 0 Å². The topological polar surface area (TPSA) is 52.3 Å². The second kappa shape index (κ2) is 28.5. The molecule has 0 aromatic carbocycles. The summed E-state index contributed by atoms with van der Waals surface area (Å²) in [5, 5.41) is 0. The summed E-state index contributed by atoms with van der Waals surface area (Å²) in [5.74, 6) is 0.00825. The van der Waals surface area contributed by atoms with Gasteiger partial charge in [-0.25, -0.2) is 0 Å². The lowest BCUT2D eigenvalue weighted by atomic mass is 10.0. The minimum atomic E-state index is 0.00825. The molecule has 0 bridgehead atoms. The Hall–Kier alpha value is -0.570. The molecule has 192 valence electrons. The van der Waals surface area contributed by atoms with Gasteiger partial charge in [0.2, 0.25) is 0 Å². The summed E-state index contributed by atoms with van der Waals surface area (Å²) < 4.78 is 5.38. The third kappa shape index (κ3) is 27.5. The predicted octanol–water partition coefficient (Wildman–Crippen LogP) is 9.26. The fraction of sp³-hybridized carbons (Fsp3) is 0.966. The lowest BCUT2D eigenvalue weighted by molar-refractivity contribution is -0.143. The maximum atomic E-state index is 11.8. The minimum Gasteiger partial charge on any atom is -0.466 e. The lowest BCUT2D eigenvalue weighted by Crippen LogP contribution is -2.05. The number of carbonyl (C=O) groups excluding carboxylic acids is 1. The zero-order valence-electron chi connectivity index (χ0n) is 22.0. The molecule has 0 unspecified atom stereocenters. The van der Waals surface area contributed by atoms with Crippen LogP contribution in [0.3, 0.4) is 0 Å². The fourth-order valence-electron chi connectivity index (χ4n) is 4.38. The van der Waals surface area contributed by atoms with Gasteiger partial charge in [0.1, 0.15) is 0 Å². The van der Waals surface area contributed by atoms with E-state index in [2.05, 4.69) is 6.92 Å². The monoisotopic (exact) mass is 453 g/mol. The molecule has 0 aromatic rings. The summed E-state index contributed by atoms with van der Waals surface area (Å²) in [6.07, 6.45) is 32.3. The molecule has 0 saturated carbocycles. The Morgan fingerprint density at radius 3 is 1.25 bits per heavy atom. The molecule has 32 heavy (non-hydrogen) atoms. The van der Waals surface area contributed by atoms with Crippen molar-refractivity contribution in [3.8, 4) is 0 Å². The van der Waals surface area contributed by atoms with Crippen LogP contribution in [-0.2, 0) is 9.53 Å². The Kier molecular flexibility index (Phi) is 28.0. The van der Waals surface area contributed by atoms with E-state index in [1.165, 1.54) is 128 Å². The van der Waals surface area contributed by atoms with Gasteiger partial charge in [-0.1, -0.05) is 142 Å². The van der Waals surface area contributed by atoms with Crippen LogP contribution in [0.15, 0.2) is 0 Å². The van der Waals surface area contributed by atoms with Crippen molar-refractivity contribution in [3.05, 3.63) is 0 Å². The van der Waals surface area contributed by atoms with E-state index in [0.29, 0.717) is 13.0 Å². The number of esters is 1. The van der Waals surface area contributed by atoms with Crippen molar-refractivity contribution >= 4 is 5.97 Å². The summed E-state index contributed by atoms with van der Waals surface area (Å²) in [5.41, 5.74) is 5.50. The van der Waals surface area contributed by atoms with Crippen molar-refractivity contribution in [2.24, 2.45) is 5.73 Å². The largest absolute Gasteiger partial charge is 0.466 e. The number of carbonyl (C=O) groups is 1. The van der Waals surface area contributed by atoms with Crippen LogP contribution in [0.4, 0.5) is 0 Å². The second-order valence-corrected chi connectivity index (χ2v) is 9.89. The van der Waals surface area contributed by atoms with Crippen molar-refractivity contribution in [3.63, 3.8) is 0 Å². The van der Waals surface area contributed by atoms with Crippen LogP contribution in [0.2, 0.25) is 0 Å². The molecule has 0 aliphatic carbocycles. The first kappa shape index (κ1) is 31.4. The molecule has 2 N–H and O–H groups in total. The molecule has 0 fully saturated rings. The van der Waals surface area contributed by atoms with Crippen LogP contribution < -0.4 is 5.73 Å². The van der Waals surface area contributed by atoms with Crippen molar-refractivity contribution in [2.45, 2.75) is 167 Å². The van der Waals surface area contributed by atoms with Crippen LogP contribution in [0.5, 0.6) is 0 Å². The smallest absolute Gasteiger partial charge is 0.305 e. The second-order valence-electron chi connectivity index (χ2n) is 9.89. The van der Waals surface area contributed by atoms with Crippen LogP contribution in [0.1, 0.15) is 167 Å². The summed E-state index contributed by atoms with van der Waals surface area (Å²) in [6, 6.07) is 0. The number of hydrogen-bond donors (Lipinski definition) is 1. The Bertz CT molecular complexity index is 359. The highest BCUT2D eigenvalue weighted by molar-refractivity contribution is 5.69. The molecule has 0 amide bonds. The molecule has 0 aliphatic rings. The van der Waals surface area contributed by atoms with E-state index in [1.54, 1.807) is 0 Å². The third-order valence-electron chi connectivity index (χ3n) is 6.60. The normalized spacial score (nSPS) is 11.2. The van der Waals surface area contributed by atoms with Crippen LogP contribution in [0.25, 0.3) is 0 Å². The van der Waals surface area contributed by atoms with E-state index in [-0.39, 0.29) is 5.97 Å². The summed E-state index contributed by atoms with van der Waals surface area (Å²) in [4.78, 5) is 11.8. The molecule has 3 nitrogen and oxygen atoms in total. The van der Waals surface area contributed by atoms with Crippen molar-refractivity contribution in [1.82, 2.24) is 0 Å². The molecule has 0 heterocycles. The van der Waals surface area contributed by atoms with Crippen LogP contribution >= 0.6 is 0 Å². The highest BCUT2D eigenvalue weighted by Gasteiger charge is 2.02. The minimum absolute atomic E-state index is 0.00825. The van der Waals surface area contributed by atoms with Gasteiger partial charge in [0.25, 0.3) is 0 Å². The number of unbranched alkanes of at least 4 members (excludes halogenated alkanes) is 22. The molecule has 0 radical (unpaired) electrons. The van der Waals surface area contributed by atoms with Gasteiger partial charge in [0.05, 0.1) is 6.61 Å². The van der Waals surface area contributed by atoms with E-state index in [0.717, 1.165) is 32.2 Å². The van der Waals surface area contributed by atoms with E-state index in [1.807, 2.05) is 0 Å². The molecular weight excluding hydrogens is 394 g/mol. The first-order valence-electron chi connectivity index (χ1n) is 14.7. The Labute approximate surface area is 202 Å². The summed E-state index contributed by atoms with van der Waals surface area (Å²) >= 11 is 0. The molecule has 0 rings (SSSR count). The molecule has 0 aromatic heterocycles. The van der Waals surface area contributed by atoms with Gasteiger partial charge in [-0.2, -0.15) is 0 Å². The molecule has 3 heteroatoms. The Balaban J connectivity index is 3.12. The zero-order chi connectivity index (χ0) is 23.4. The maximum Gasteiger partial charge on any atom is 0.305 e. The third-order valence-corrected chi connectivity index (χ3v) is 6.60. The van der Waals surface area contributed by atoms with E-state index >= 15 is 0 Å². The van der Waals surface area contributed by atoms with Gasteiger partial charge in [0.15, 0.2) is 0 Å². The molecule has 0 aliphatic heterocycles. The number of rotatable bonds is 27. The van der Waals surface area contributed by atoms with Crippen molar-refractivity contribution in [2.75, 3.05) is 13.2 Å². The highest BCUT2D eigenvalue weighted by atomic mass is 16.5. The fourth-order valence-corrected chi connectivity index (χ4v) is 4.38. The highest BCUT2D eigenvalue weighted by Crippen LogP contribution is 2.14. The Morgan fingerprint density at radius 1 is 0.500 bits per heavy atom. The molecule has 0 saturated heterocycles. The van der Waals surface area contributed by atoms with Crippen LogP contribution in [-0.4, -0.2) is 19.1 Å². The first-order chi connectivity index (χ1) is 15.8. The maximum absolute atomic E-state index is 11.8. The van der Waals surface area contributed by atoms with Crippen molar-refractivity contribution < 1.29 is 9.53 Å². The number of nitrogens with two attached hydrogens (primary N) is 1. The van der Waals surface area contributed by atoms with E-state index in [4.69, 9.17) is 10.5 Å². The average molecular weight is 454 g/mol. The first-order valence-corrected chi connectivity index (χ1v) is 14.7.